The van der Waals surface area contributed by atoms with Crippen LogP contribution in [-0.4, -0.2) is 22.4 Å². The summed E-state index contributed by atoms with van der Waals surface area (Å²) in [7, 11) is 0. The Bertz CT molecular complexity index is 801. The lowest BCUT2D eigenvalue weighted by Crippen LogP contribution is -2.26. The van der Waals surface area contributed by atoms with Crippen LogP contribution in [-0.2, 0) is 6.42 Å². The molecule has 3 aromatic rings. The van der Waals surface area contributed by atoms with Crippen molar-refractivity contribution in [3.63, 3.8) is 0 Å². The molecule has 0 bridgehead atoms. The zero-order chi connectivity index (χ0) is 16.1. The lowest BCUT2D eigenvalue weighted by molar-refractivity contribution is 0.0955. The van der Waals surface area contributed by atoms with Crippen LogP contribution < -0.4 is 11.1 Å². The van der Waals surface area contributed by atoms with Crippen molar-refractivity contribution >= 4 is 23.1 Å². The summed E-state index contributed by atoms with van der Waals surface area (Å²) in [4.78, 5) is 20.5. The predicted molar refractivity (Wildman–Crippen MR) is 92.2 cm³/mol. The van der Waals surface area contributed by atoms with Crippen LogP contribution in [0.5, 0.6) is 0 Å². The first-order chi connectivity index (χ1) is 11.2. The highest BCUT2D eigenvalue weighted by molar-refractivity contribution is 7.09. The van der Waals surface area contributed by atoms with E-state index in [4.69, 9.17) is 5.73 Å². The van der Waals surface area contributed by atoms with Crippen LogP contribution in [0, 0.1) is 0 Å². The molecule has 116 valence electrons. The van der Waals surface area contributed by atoms with Gasteiger partial charge in [0.2, 0.25) is 0 Å². The number of benzene rings is 1. The van der Waals surface area contributed by atoms with Crippen molar-refractivity contribution in [3.8, 4) is 11.3 Å². The van der Waals surface area contributed by atoms with Gasteiger partial charge in [-0.3, -0.25) is 4.79 Å². The van der Waals surface area contributed by atoms with Crippen molar-refractivity contribution in [1.29, 1.82) is 0 Å². The smallest absolute Gasteiger partial charge is 0.255 e. The highest BCUT2D eigenvalue weighted by Gasteiger charge is 2.10. The number of carbonyl (C=O) groups excluding carboxylic acids is 1. The number of nitrogen functional groups attached to an aromatic ring is 1. The van der Waals surface area contributed by atoms with E-state index in [1.807, 2.05) is 35.7 Å². The van der Waals surface area contributed by atoms with Crippen LogP contribution in [0.15, 0.2) is 54.0 Å². The van der Waals surface area contributed by atoms with Gasteiger partial charge in [0.1, 0.15) is 5.82 Å². The van der Waals surface area contributed by atoms with E-state index in [2.05, 4.69) is 15.3 Å². The maximum atomic E-state index is 12.0. The van der Waals surface area contributed by atoms with E-state index in [-0.39, 0.29) is 11.7 Å². The standard InChI is InChI=1S/C17H16N4OS/c18-16-13(7-4-9-19-16)17(22)20-10-8-15-21-14(11-23-15)12-5-2-1-3-6-12/h1-7,9,11H,8,10H2,(H2,18,19)(H,20,22). The van der Waals surface area contributed by atoms with Gasteiger partial charge in [0.05, 0.1) is 16.3 Å². The number of nitrogens with zero attached hydrogens (tertiary/aromatic N) is 2. The molecule has 0 saturated carbocycles. The number of thiazole rings is 1. The molecular weight excluding hydrogens is 308 g/mol. The highest BCUT2D eigenvalue weighted by Crippen LogP contribution is 2.21. The second-order valence-electron chi connectivity index (χ2n) is 4.93. The van der Waals surface area contributed by atoms with Crippen molar-refractivity contribution in [2.24, 2.45) is 0 Å². The summed E-state index contributed by atoms with van der Waals surface area (Å²) in [5.41, 5.74) is 8.15. The van der Waals surface area contributed by atoms with E-state index >= 15 is 0 Å². The van der Waals surface area contributed by atoms with E-state index < -0.39 is 0 Å². The fourth-order valence-corrected chi connectivity index (χ4v) is 2.96. The van der Waals surface area contributed by atoms with E-state index in [1.54, 1.807) is 29.7 Å². The van der Waals surface area contributed by atoms with Gasteiger partial charge in [-0.2, -0.15) is 0 Å². The van der Waals surface area contributed by atoms with Gasteiger partial charge in [0.15, 0.2) is 0 Å². The van der Waals surface area contributed by atoms with Crippen LogP contribution in [0.4, 0.5) is 5.82 Å². The first-order valence-corrected chi connectivity index (χ1v) is 8.10. The third-order valence-corrected chi connectivity index (χ3v) is 4.24. The summed E-state index contributed by atoms with van der Waals surface area (Å²) in [5, 5.41) is 5.87. The third kappa shape index (κ3) is 3.73. The molecule has 0 fully saturated rings. The van der Waals surface area contributed by atoms with Gasteiger partial charge in [0, 0.05) is 30.1 Å². The number of rotatable bonds is 5. The highest BCUT2D eigenvalue weighted by atomic mass is 32.1. The molecule has 0 atom stereocenters. The number of aromatic nitrogens is 2. The summed E-state index contributed by atoms with van der Waals surface area (Å²) in [5.74, 6) is 0.0288. The maximum Gasteiger partial charge on any atom is 0.255 e. The summed E-state index contributed by atoms with van der Waals surface area (Å²) >= 11 is 1.60. The van der Waals surface area contributed by atoms with Crippen molar-refractivity contribution in [2.45, 2.75) is 6.42 Å². The Morgan fingerprint density at radius 2 is 2.00 bits per heavy atom. The van der Waals surface area contributed by atoms with Crippen molar-refractivity contribution in [2.75, 3.05) is 12.3 Å². The number of carbonyl (C=O) groups is 1. The Morgan fingerprint density at radius 3 is 2.78 bits per heavy atom. The molecule has 1 amide bonds. The predicted octanol–water partition coefficient (Wildman–Crippen LogP) is 2.76. The quantitative estimate of drug-likeness (QED) is 0.756. The monoisotopic (exact) mass is 324 g/mol. The fraction of sp³-hybridized carbons (Fsp3) is 0.118. The second kappa shape index (κ2) is 7.02. The Morgan fingerprint density at radius 1 is 1.17 bits per heavy atom. The molecule has 6 heteroatoms. The number of nitrogens with one attached hydrogen (secondary N) is 1. The minimum absolute atomic E-state index is 0.213. The van der Waals surface area contributed by atoms with Crippen LogP contribution in [0.1, 0.15) is 15.4 Å². The molecule has 0 aliphatic carbocycles. The van der Waals surface area contributed by atoms with Crippen LogP contribution in [0.25, 0.3) is 11.3 Å². The number of anilines is 1. The van der Waals surface area contributed by atoms with Gasteiger partial charge < -0.3 is 11.1 Å². The molecule has 1 aromatic carbocycles. The molecular formula is C17H16N4OS. The average molecular weight is 324 g/mol. The van der Waals surface area contributed by atoms with Crippen LogP contribution >= 0.6 is 11.3 Å². The molecule has 2 aromatic heterocycles. The number of pyridine rings is 1. The molecule has 0 saturated heterocycles. The fourth-order valence-electron chi connectivity index (χ4n) is 2.15. The largest absolute Gasteiger partial charge is 0.383 e. The molecule has 23 heavy (non-hydrogen) atoms. The topological polar surface area (TPSA) is 80.9 Å². The van der Waals surface area contributed by atoms with Gasteiger partial charge in [-0.05, 0) is 12.1 Å². The lowest BCUT2D eigenvalue weighted by Gasteiger charge is -2.05. The summed E-state index contributed by atoms with van der Waals surface area (Å²) in [6.07, 6.45) is 2.25. The Hall–Kier alpha value is -2.73. The zero-order valence-electron chi connectivity index (χ0n) is 12.4. The van der Waals surface area contributed by atoms with E-state index in [0.717, 1.165) is 16.3 Å². The molecule has 5 nitrogen and oxygen atoms in total. The van der Waals surface area contributed by atoms with Crippen molar-refractivity contribution < 1.29 is 4.79 Å². The average Bonchev–Trinajstić information content (AvgIpc) is 3.05. The lowest BCUT2D eigenvalue weighted by atomic mass is 10.2. The Kier molecular flexibility index (Phi) is 4.63. The van der Waals surface area contributed by atoms with Crippen molar-refractivity contribution in [3.05, 3.63) is 64.6 Å². The first-order valence-electron chi connectivity index (χ1n) is 7.22. The second-order valence-corrected chi connectivity index (χ2v) is 5.88. The number of hydrogen-bond donors (Lipinski definition) is 2. The zero-order valence-corrected chi connectivity index (χ0v) is 13.2. The molecule has 0 aliphatic rings. The maximum absolute atomic E-state index is 12.0. The van der Waals surface area contributed by atoms with Crippen LogP contribution in [0.2, 0.25) is 0 Å². The Labute approximate surface area is 138 Å². The number of amides is 1. The first kappa shape index (κ1) is 15.2. The van der Waals surface area contributed by atoms with Gasteiger partial charge in [-0.1, -0.05) is 30.3 Å². The number of hydrogen-bond acceptors (Lipinski definition) is 5. The molecule has 0 aliphatic heterocycles. The summed E-state index contributed by atoms with van der Waals surface area (Å²) in [6, 6.07) is 13.4. The molecule has 0 spiro atoms. The summed E-state index contributed by atoms with van der Waals surface area (Å²) < 4.78 is 0. The van der Waals surface area contributed by atoms with Crippen LogP contribution in [0.3, 0.4) is 0 Å². The summed E-state index contributed by atoms with van der Waals surface area (Å²) in [6.45, 7) is 0.509. The van der Waals surface area contributed by atoms with Gasteiger partial charge in [0.25, 0.3) is 5.91 Å². The third-order valence-electron chi connectivity index (χ3n) is 3.33. The van der Waals surface area contributed by atoms with Gasteiger partial charge in [-0.25, -0.2) is 9.97 Å². The molecule has 2 heterocycles. The normalized spacial score (nSPS) is 10.4. The molecule has 3 rings (SSSR count). The minimum atomic E-state index is -0.213. The van der Waals surface area contributed by atoms with E-state index in [1.165, 1.54) is 0 Å². The van der Waals surface area contributed by atoms with Gasteiger partial charge >= 0.3 is 0 Å². The Balaban J connectivity index is 1.56. The SMILES string of the molecule is Nc1ncccc1C(=O)NCCc1nc(-c2ccccc2)cs1. The van der Waals surface area contributed by atoms with E-state index in [0.29, 0.717) is 18.5 Å². The minimum Gasteiger partial charge on any atom is -0.383 e. The van der Waals surface area contributed by atoms with Gasteiger partial charge in [-0.15, -0.1) is 11.3 Å². The van der Waals surface area contributed by atoms with Crippen molar-refractivity contribution in [1.82, 2.24) is 15.3 Å². The van der Waals surface area contributed by atoms with E-state index in [9.17, 15) is 4.79 Å². The number of nitrogens with two attached hydrogens (primary N) is 1. The molecule has 0 radical (unpaired) electrons. The molecule has 3 N–H and O–H groups in total. The molecule has 0 unspecified atom stereocenters.